The molecule has 2 amide bonds. The van der Waals surface area contributed by atoms with E-state index in [-0.39, 0.29) is 37.3 Å². The number of carbonyl (C=O) groups excluding carboxylic acids is 3. The maximum Gasteiger partial charge on any atom is 0.307 e. The summed E-state index contributed by atoms with van der Waals surface area (Å²) in [6, 6.07) is 8.72. The van der Waals surface area contributed by atoms with Gasteiger partial charge in [0.25, 0.3) is 5.91 Å². The first kappa shape index (κ1) is 15.7. The number of esters is 1. The molecular formula is C14H18N2O4. The van der Waals surface area contributed by atoms with Crippen molar-refractivity contribution in [2.24, 2.45) is 0 Å². The van der Waals surface area contributed by atoms with E-state index in [4.69, 9.17) is 0 Å². The molecule has 1 aromatic rings. The Kier molecular flexibility index (Phi) is 6.22. The Balaban J connectivity index is 2.38. The third-order valence-electron chi connectivity index (χ3n) is 2.63. The molecule has 0 aliphatic carbocycles. The molecule has 1 aromatic carbocycles. The summed E-state index contributed by atoms with van der Waals surface area (Å²) < 4.78 is 4.45. The summed E-state index contributed by atoms with van der Waals surface area (Å²) in [5.41, 5.74) is 0.525. The Hall–Kier alpha value is -2.37. The number of amides is 2. The maximum absolute atomic E-state index is 12.0. The van der Waals surface area contributed by atoms with Crippen molar-refractivity contribution < 1.29 is 19.1 Å². The number of benzene rings is 1. The van der Waals surface area contributed by atoms with E-state index in [0.29, 0.717) is 5.56 Å². The van der Waals surface area contributed by atoms with Crippen LogP contribution in [0.2, 0.25) is 0 Å². The van der Waals surface area contributed by atoms with Crippen molar-refractivity contribution in [1.82, 2.24) is 10.2 Å². The second-order valence-electron chi connectivity index (χ2n) is 4.20. The van der Waals surface area contributed by atoms with Gasteiger partial charge in [0.05, 0.1) is 20.1 Å². The second-order valence-corrected chi connectivity index (χ2v) is 4.20. The van der Waals surface area contributed by atoms with Gasteiger partial charge in [-0.1, -0.05) is 18.2 Å². The average molecular weight is 278 g/mol. The summed E-state index contributed by atoms with van der Waals surface area (Å²) in [5, 5.41) is 2.55. The van der Waals surface area contributed by atoms with Crippen molar-refractivity contribution in [3.8, 4) is 0 Å². The zero-order valence-corrected chi connectivity index (χ0v) is 11.6. The number of likely N-dealkylation sites (N-methyl/N-ethyl adjacent to an activating group) is 1. The highest BCUT2D eigenvalue weighted by atomic mass is 16.5. The molecule has 0 heterocycles. The first-order valence-corrected chi connectivity index (χ1v) is 6.18. The van der Waals surface area contributed by atoms with Gasteiger partial charge in [0.15, 0.2) is 0 Å². The van der Waals surface area contributed by atoms with Gasteiger partial charge in [0.2, 0.25) is 5.91 Å². The van der Waals surface area contributed by atoms with Crippen molar-refractivity contribution in [3.63, 3.8) is 0 Å². The third-order valence-corrected chi connectivity index (χ3v) is 2.63. The lowest BCUT2D eigenvalue weighted by molar-refractivity contribution is -0.140. The fourth-order valence-corrected chi connectivity index (χ4v) is 1.55. The molecule has 0 aromatic heterocycles. The highest BCUT2D eigenvalue weighted by molar-refractivity contribution is 5.96. The van der Waals surface area contributed by atoms with Crippen LogP contribution in [-0.2, 0) is 14.3 Å². The standard InChI is InChI=1S/C14H18N2O4/c1-16(14(19)11-6-4-3-5-7-11)10-12(17)15-9-8-13(18)20-2/h3-7H,8-10H2,1-2H3,(H,15,17). The Morgan fingerprint density at radius 2 is 1.85 bits per heavy atom. The summed E-state index contributed by atoms with van der Waals surface area (Å²) in [4.78, 5) is 35.8. The lowest BCUT2D eigenvalue weighted by Crippen LogP contribution is -2.39. The number of nitrogens with zero attached hydrogens (tertiary/aromatic N) is 1. The van der Waals surface area contributed by atoms with Crippen LogP contribution in [0.25, 0.3) is 0 Å². The Morgan fingerprint density at radius 3 is 2.45 bits per heavy atom. The number of methoxy groups -OCH3 is 1. The van der Waals surface area contributed by atoms with Gasteiger partial charge in [0.1, 0.15) is 0 Å². The van der Waals surface area contributed by atoms with Gasteiger partial charge < -0.3 is 15.0 Å². The molecule has 0 radical (unpaired) electrons. The molecule has 0 fully saturated rings. The molecule has 6 heteroatoms. The van der Waals surface area contributed by atoms with Gasteiger partial charge in [0, 0.05) is 19.2 Å². The highest BCUT2D eigenvalue weighted by Crippen LogP contribution is 2.02. The zero-order valence-electron chi connectivity index (χ0n) is 11.6. The smallest absolute Gasteiger partial charge is 0.307 e. The van der Waals surface area contributed by atoms with Gasteiger partial charge >= 0.3 is 5.97 Å². The molecule has 108 valence electrons. The van der Waals surface area contributed by atoms with Crippen LogP contribution in [0.15, 0.2) is 30.3 Å². The van der Waals surface area contributed by atoms with Crippen LogP contribution >= 0.6 is 0 Å². The Morgan fingerprint density at radius 1 is 1.20 bits per heavy atom. The van der Waals surface area contributed by atoms with Crippen LogP contribution in [0.3, 0.4) is 0 Å². The summed E-state index contributed by atoms with van der Waals surface area (Å²) in [7, 11) is 2.84. The lowest BCUT2D eigenvalue weighted by Gasteiger charge is -2.16. The van der Waals surface area contributed by atoms with Crippen LogP contribution in [0.5, 0.6) is 0 Å². The minimum absolute atomic E-state index is 0.0606. The predicted molar refractivity (Wildman–Crippen MR) is 73.0 cm³/mol. The van der Waals surface area contributed by atoms with Gasteiger partial charge in [-0.3, -0.25) is 14.4 Å². The van der Waals surface area contributed by atoms with E-state index in [1.54, 1.807) is 31.3 Å². The molecule has 0 saturated carbocycles. The van der Waals surface area contributed by atoms with E-state index in [1.807, 2.05) is 6.07 Å². The van der Waals surface area contributed by atoms with Crippen molar-refractivity contribution in [2.75, 3.05) is 27.2 Å². The molecule has 0 saturated heterocycles. The molecule has 0 spiro atoms. The van der Waals surface area contributed by atoms with Crippen molar-refractivity contribution >= 4 is 17.8 Å². The number of hydrogen-bond acceptors (Lipinski definition) is 4. The fourth-order valence-electron chi connectivity index (χ4n) is 1.55. The largest absolute Gasteiger partial charge is 0.469 e. The van der Waals surface area contributed by atoms with E-state index >= 15 is 0 Å². The summed E-state index contributed by atoms with van der Waals surface area (Å²) in [6.07, 6.45) is 0.110. The molecule has 1 N–H and O–H groups in total. The third kappa shape index (κ3) is 5.09. The Bertz CT molecular complexity index is 473. The SMILES string of the molecule is COC(=O)CCNC(=O)CN(C)C(=O)c1ccccc1. The van der Waals surface area contributed by atoms with Gasteiger partial charge in [-0.2, -0.15) is 0 Å². The van der Waals surface area contributed by atoms with Crippen LogP contribution in [0.4, 0.5) is 0 Å². The van der Waals surface area contributed by atoms with E-state index in [1.165, 1.54) is 12.0 Å². The zero-order chi connectivity index (χ0) is 15.0. The molecular weight excluding hydrogens is 260 g/mol. The topological polar surface area (TPSA) is 75.7 Å². The fraction of sp³-hybridized carbons (Fsp3) is 0.357. The van der Waals surface area contributed by atoms with Crippen LogP contribution in [-0.4, -0.2) is 49.9 Å². The first-order chi connectivity index (χ1) is 9.54. The predicted octanol–water partition coefficient (Wildman–Crippen LogP) is 0.438. The molecule has 6 nitrogen and oxygen atoms in total. The van der Waals surface area contributed by atoms with Crippen LogP contribution in [0, 0.1) is 0 Å². The molecule has 0 unspecified atom stereocenters. The Labute approximate surface area is 117 Å². The minimum Gasteiger partial charge on any atom is -0.469 e. The molecule has 20 heavy (non-hydrogen) atoms. The van der Waals surface area contributed by atoms with Crippen molar-refractivity contribution in [3.05, 3.63) is 35.9 Å². The van der Waals surface area contributed by atoms with Crippen LogP contribution < -0.4 is 5.32 Å². The molecule has 0 bridgehead atoms. The minimum atomic E-state index is -0.390. The number of ether oxygens (including phenoxy) is 1. The molecule has 0 aliphatic heterocycles. The number of hydrogen-bond donors (Lipinski definition) is 1. The average Bonchev–Trinajstić information content (AvgIpc) is 2.47. The second kappa shape index (κ2) is 7.93. The monoisotopic (exact) mass is 278 g/mol. The summed E-state index contributed by atoms with van der Waals surface area (Å²) in [6.45, 7) is 0.133. The van der Waals surface area contributed by atoms with Gasteiger partial charge in [-0.05, 0) is 12.1 Å². The van der Waals surface area contributed by atoms with Gasteiger partial charge in [-0.15, -0.1) is 0 Å². The van der Waals surface area contributed by atoms with Crippen molar-refractivity contribution in [2.45, 2.75) is 6.42 Å². The highest BCUT2D eigenvalue weighted by Gasteiger charge is 2.14. The summed E-state index contributed by atoms with van der Waals surface area (Å²) >= 11 is 0. The van der Waals surface area contributed by atoms with E-state index in [0.717, 1.165) is 0 Å². The number of rotatable bonds is 6. The van der Waals surface area contributed by atoms with Crippen LogP contribution in [0.1, 0.15) is 16.8 Å². The maximum atomic E-state index is 12.0. The van der Waals surface area contributed by atoms with Gasteiger partial charge in [-0.25, -0.2) is 0 Å². The lowest BCUT2D eigenvalue weighted by atomic mass is 10.2. The first-order valence-electron chi connectivity index (χ1n) is 6.18. The molecule has 0 aliphatic rings. The molecule has 0 atom stereocenters. The quantitative estimate of drug-likeness (QED) is 0.766. The molecule has 1 rings (SSSR count). The normalized spacial score (nSPS) is 9.70. The van der Waals surface area contributed by atoms with E-state index < -0.39 is 0 Å². The van der Waals surface area contributed by atoms with E-state index in [2.05, 4.69) is 10.1 Å². The van der Waals surface area contributed by atoms with Crippen molar-refractivity contribution in [1.29, 1.82) is 0 Å². The summed E-state index contributed by atoms with van der Waals surface area (Å²) in [5.74, 6) is -0.937. The van der Waals surface area contributed by atoms with E-state index in [9.17, 15) is 14.4 Å². The number of nitrogens with one attached hydrogen (secondary N) is 1. The number of carbonyl (C=O) groups is 3.